The molecule has 34 heavy (non-hydrogen) atoms. The second kappa shape index (κ2) is 9.57. The molecule has 3 heterocycles. The molecule has 0 aliphatic rings. The Hall–Kier alpha value is -4.47. The predicted molar refractivity (Wildman–Crippen MR) is 126 cm³/mol. The summed E-state index contributed by atoms with van der Waals surface area (Å²) in [6.07, 6.45) is 3.04. The van der Waals surface area contributed by atoms with E-state index in [2.05, 4.69) is 15.6 Å². The first-order chi connectivity index (χ1) is 16.5. The summed E-state index contributed by atoms with van der Waals surface area (Å²) in [5.41, 5.74) is 2.43. The zero-order valence-electron chi connectivity index (χ0n) is 19.2. The lowest BCUT2D eigenvalue weighted by atomic mass is 10.1. The van der Waals surface area contributed by atoms with Gasteiger partial charge in [0.05, 0.1) is 50.7 Å². The third-order valence-corrected chi connectivity index (χ3v) is 5.39. The number of aromatic nitrogens is 2. The third kappa shape index (κ3) is 4.13. The van der Waals surface area contributed by atoms with Crippen LogP contribution in [-0.2, 0) is 18.3 Å². The van der Waals surface area contributed by atoms with Crippen LogP contribution in [0.4, 0.5) is 11.4 Å². The number of hydrogen-bond acceptors (Lipinski definition) is 8. The van der Waals surface area contributed by atoms with Crippen LogP contribution < -0.4 is 20.1 Å². The molecule has 0 fully saturated rings. The number of benzene rings is 1. The molecule has 0 atom stereocenters. The number of pyridine rings is 1. The molecule has 0 aliphatic carbocycles. The van der Waals surface area contributed by atoms with E-state index in [4.69, 9.17) is 18.6 Å². The topological polar surface area (TPSA) is 117 Å². The van der Waals surface area contributed by atoms with Crippen molar-refractivity contribution in [3.8, 4) is 11.5 Å². The van der Waals surface area contributed by atoms with Gasteiger partial charge in [-0.15, -0.1) is 0 Å². The molecule has 3 aromatic heterocycles. The molecule has 4 rings (SSSR count). The lowest BCUT2D eigenvalue weighted by molar-refractivity contribution is 0.0591. The number of carbonyl (C=O) groups is 2. The number of nitrogens with zero attached hydrogens (tertiary/aromatic N) is 2. The number of fused-ring (bicyclic) bond motifs is 1. The minimum atomic E-state index is -0.608. The van der Waals surface area contributed by atoms with E-state index in [0.717, 1.165) is 5.56 Å². The van der Waals surface area contributed by atoms with Crippen LogP contribution in [0.3, 0.4) is 0 Å². The van der Waals surface area contributed by atoms with Gasteiger partial charge in [0, 0.05) is 19.0 Å². The Kier molecular flexibility index (Phi) is 6.39. The molecular formula is C24H24N4O6. The van der Waals surface area contributed by atoms with Crippen molar-refractivity contribution in [1.29, 1.82) is 0 Å². The molecule has 10 heteroatoms. The number of anilines is 2. The van der Waals surface area contributed by atoms with Crippen LogP contribution in [0.1, 0.15) is 26.6 Å². The summed E-state index contributed by atoms with van der Waals surface area (Å²) < 4.78 is 22.6. The highest BCUT2D eigenvalue weighted by molar-refractivity contribution is 6.14. The Bertz CT molecular complexity index is 1320. The highest BCUT2D eigenvalue weighted by Crippen LogP contribution is 2.33. The van der Waals surface area contributed by atoms with Gasteiger partial charge in [-0.25, -0.2) is 9.78 Å². The van der Waals surface area contributed by atoms with E-state index in [-0.39, 0.29) is 17.1 Å². The summed E-state index contributed by atoms with van der Waals surface area (Å²) in [6, 6.07) is 10.5. The molecule has 0 radical (unpaired) electrons. The highest BCUT2D eigenvalue weighted by Gasteiger charge is 2.25. The molecule has 1 amide bonds. The van der Waals surface area contributed by atoms with Crippen molar-refractivity contribution >= 4 is 34.3 Å². The quantitative estimate of drug-likeness (QED) is 0.378. The smallest absolute Gasteiger partial charge is 0.356 e. The van der Waals surface area contributed by atoms with Gasteiger partial charge in [0.1, 0.15) is 17.1 Å². The van der Waals surface area contributed by atoms with E-state index >= 15 is 0 Å². The van der Waals surface area contributed by atoms with Gasteiger partial charge in [-0.05, 0) is 30.3 Å². The fourth-order valence-electron chi connectivity index (χ4n) is 3.74. The van der Waals surface area contributed by atoms with Crippen molar-refractivity contribution in [1.82, 2.24) is 9.55 Å². The monoisotopic (exact) mass is 464 g/mol. The van der Waals surface area contributed by atoms with E-state index in [9.17, 15) is 9.59 Å². The first kappa shape index (κ1) is 22.7. The van der Waals surface area contributed by atoms with Crippen LogP contribution in [0.25, 0.3) is 11.0 Å². The SMILES string of the molecule is COC(=O)c1c(NC(=O)c2ccco2)c2cc(NCc3c(OC)cccc3OC)cnc2n1C. The zero-order chi connectivity index (χ0) is 24.2. The Morgan fingerprint density at radius 1 is 1.09 bits per heavy atom. The molecular weight excluding hydrogens is 440 g/mol. The number of hydrogen-bond donors (Lipinski definition) is 2. The van der Waals surface area contributed by atoms with Crippen molar-refractivity contribution < 1.29 is 28.2 Å². The Balaban J connectivity index is 1.73. The maximum absolute atomic E-state index is 12.7. The fraction of sp³-hybridized carbons (Fsp3) is 0.208. The van der Waals surface area contributed by atoms with Crippen LogP contribution in [0.2, 0.25) is 0 Å². The standard InChI is InChI=1S/C24H24N4O6/c1-28-21(24(30)33-4)20(27-23(29)19-9-6-10-34-19)15-11-14(12-26-22(15)28)25-13-16-17(31-2)7-5-8-18(16)32-3/h5-12,25H,13H2,1-4H3,(H,27,29). The van der Waals surface area contributed by atoms with E-state index in [1.165, 1.54) is 19.4 Å². The summed E-state index contributed by atoms with van der Waals surface area (Å²) in [5, 5.41) is 6.63. The number of furan rings is 1. The average molecular weight is 464 g/mol. The number of methoxy groups -OCH3 is 3. The Morgan fingerprint density at radius 2 is 1.82 bits per heavy atom. The van der Waals surface area contributed by atoms with Crippen LogP contribution in [0.5, 0.6) is 11.5 Å². The van der Waals surface area contributed by atoms with E-state index < -0.39 is 11.9 Å². The molecule has 0 unspecified atom stereocenters. The minimum Gasteiger partial charge on any atom is -0.496 e. The van der Waals surface area contributed by atoms with Gasteiger partial charge in [0.25, 0.3) is 5.91 Å². The normalized spacial score (nSPS) is 10.7. The number of ether oxygens (including phenoxy) is 3. The summed E-state index contributed by atoms with van der Waals surface area (Å²) in [7, 11) is 6.15. The number of nitrogens with one attached hydrogen (secondary N) is 2. The molecule has 1 aromatic carbocycles. The zero-order valence-corrected chi connectivity index (χ0v) is 19.2. The van der Waals surface area contributed by atoms with E-state index in [1.54, 1.807) is 44.2 Å². The molecule has 4 aromatic rings. The number of amides is 1. The number of carbonyl (C=O) groups excluding carboxylic acids is 2. The summed E-state index contributed by atoms with van der Waals surface area (Å²) in [6.45, 7) is 0.394. The van der Waals surface area contributed by atoms with Gasteiger partial charge in [-0.3, -0.25) is 4.79 Å². The summed E-state index contributed by atoms with van der Waals surface area (Å²) in [4.78, 5) is 29.7. The first-order valence-corrected chi connectivity index (χ1v) is 10.3. The van der Waals surface area contributed by atoms with Crippen molar-refractivity contribution in [2.24, 2.45) is 7.05 Å². The molecule has 176 valence electrons. The van der Waals surface area contributed by atoms with Gasteiger partial charge in [-0.2, -0.15) is 0 Å². The molecule has 0 saturated carbocycles. The summed E-state index contributed by atoms with van der Waals surface area (Å²) in [5.74, 6) is 0.363. The second-order valence-corrected chi connectivity index (χ2v) is 7.30. The fourth-order valence-corrected chi connectivity index (χ4v) is 3.74. The maximum Gasteiger partial charge on any atom is 0.356 e. The van der Waals surface area contributed by atoms with Crippen molar-refractivity contribution in [3.05, 3.63) is 65.9 Å². The number of aryl methyl sites for hydroxylation is 1. The molecule has 0 aliphatic heterocycles. The van der Waals surface area contributed by atoms with Crippen molar-refractivity contribution in [2.75, 3.05) is 32.0 Å². The highest BCUT2D eigenvalue weighted by atomic mass is 16.5. The average Bonchev–Trinajstić information content (AvgIpc) is 3.49. The summed E-state index contributed by atoms with van der Waals surface area (Å²) >= 11 is 0. The molecule has 10 nitrogen and oxygen atoms in total. The minimum absolute atomic E-state index is 0.110. The Labute approximate surface area is 195 Å². The van der Waals surface area contributed by atoms with Crippen LogP contribution in [-0.4, -0.2) is 42.8 Å². The third-order valence-electron chi connectivity index (χ3n) is 5.39. The first-order valence-electron chi connectivity index (χ1n) is 10.3. The van der Waals surface area contributed by atoms with Gasteiger partial charge >= 0.3 is 5.97 Å². The maximum atomic E-state index is 12.7. The second-order valence-electron chi connectivity index (χ2n) is 7.30. The molecule has 2 N–H and O–H groups in total. The van der Waals surface area contributed by atoms with Gasteiger partial charge in [0.2, 0.25) is 0 Å². The lowest BCUT2D eigenvalue weighted by Gasteiger charge is -2.14. The van der Waals surface area contributed by atoms with E-state index in [0.29, 0.717) is 34.8 Å². The number of esters is 1. The van der Waals surface area contributed by atoms with Crippen LogP contribution in [0.15, 0.2) is 53.3 Å². The molecule has 0 saturated heterocycles. The molecule has 0 bridgehead atoms. The Morgan fingerprint density at radius 3 is 2.44 bits per heavy atom. The largest absolute Gasteiger partial charge is 0.496 e. The van der Waals surface area contributed by atoms with Gasteiger partial charge < -0.3 is 33.8 Å². The molecule has 0 spiro atoms. The van der Waals surface area contributed by atoms with Crippen LogP contribution >= 0.6 is 0 Å². The predicted octanol–water partition coefficient (Wildman–Crippen LogP) is 3.83. The van der Waals surface area contributed by atoms with Crippen molar-refractivity contribution in [3.63, 3.8) is 0 Å². The lowest BCUT2D eigenvalue weighted by Crippen LogP contribution is -2.16. The van der Waals surface area contributed by atoms with Crippen LogP contribution in [0, 0.1) is 0 Å². The van der Waals surface area contributed by atoms with Crippen molar-refractivity contribution in [2.45, 2.75) is 6.54 Å². The van der Waals surface area contributed by atoms with Gasteiger partial charge in [0.15, 0.2) is 11.5 Å². The van der Waals surface area contributed by atoms with Gasteiger partial charge in [-0.1, -0.05) is 6.07 Å². The number of rotatable bonds is 8. The van der Waals surface area contributed by atoms with E-state index in [1.807, 2.05) is 18.2 Å².